The van der Waals surface area contributed by atoms with Crippen LogP contribution < -0.4 is 9.64 Å². The van der Waals surface area contributed by atoms with Crippen LogP contribution in [0.25, 0.3) is 0 Å². The molecule has 1 N–H and O–H groups in total. The Morgan fingerprint density at radius 3 is 2.47 bits per heavy atom. The van der Waals surface area contributed by atoms with Crippen molar-refractivity contribution in [2.24, 2.45) is 5.16 Å². The smallest absolute Gasteiger partial charge is 0.436 e. The zero-order valence-corrected chi connectivity index (χ0v) is 18.7. The van der Waals surface area contributed by atoms with Gasteiger partial charge in [-0.15, -0.1) is 0 Å². The molecule has 1 aliphatic heterocycles. The molecule has 0 aliphatic carbocycles. The average Bonchev–Trinajstić information content (AvgIpc) is 3.03. The summed E-state index contributed by atoms with van der Waals surface area (Å²) in [5.41, 5.74) is 0.149. The first-order valence-electron chi connectivity index (χ1n) is 9.44. The van der Waals surface area contributed by atoms with E-state index in [1.165, 1.54) is 20.2 Å². The Bertz CT molecular complexity index is 1030. The van der Waals surface area contributed by atoms with E-state index in [0.29, 0.717) is 48.2 Å². The highest BCUT2D eigenvalue weighted by Crippen LogP contribution is 2.35. The van der Waals surface area contributed by atoms with Crippen LogP contribution >= 0.6 is 23.2 Å². The number of ether oxygens (including phenoxy) is 1. The highest BCUT2D eigenvalue weighted by Gasteiger charge is 2.38. The summed E-state index contributed by atoms with van der Waals surface area (Å²) in [6, 6.07) is 3.32. The van der Waals surface area contributed by atoms with Gasteiger partial charge in [0, 0.05) is 43.5 Å². The minimum atomic E-state index is -4.70. The number of rotatable bonds is 5. The van der Waals surface area contributed by atoms with Crippen LogP contribution in [-0.4, -0.2) is 65.3 Å². The number of carbonyl (C=O) groups excluding carboxylic acids is 1. The number of anilines is 1. The Balaban J connectivity index is 1.71. The van der Waals surface area contributed by atoms with Gasteiger partial charge in [-0.25, -0.2) is 0 Å². The lowest BCUT2D eigenvalue weighted by molar-refractivity contribution is -0.142. The molecule has 1 fully saturated rings. The molecular formula is C19H20Cl2F3N5O3. The van der Waals surface area contributed by atoms with Gasteiger partial charge in [-0.05, 0) is 13.0 Å². The summed E-state index contributed by atoms with van der Waals surface area (Å²) in [5, 5.41) is 15.3. The van der Waals surface area contributed by atoms with Crippen molar-refractivity contribution in [1.29, 1.82) is 0 Å². The summed E-state index contributed by atoms with van der Waals surface area (Å²) in [7, 11) is 1.48. The fourth-order valence-corrected chi connectivity index (χ4v) is 3.93. The number of halogens is 5. The van der Waals surface area contributed by atoms with Crippen molar-refractivity contribution in [2.45, 2.75) is 19.6 Å². The van der Waals surface area contributed by atoms with Gasteiger partial charge in [-0.3, -0.25) is 9.48 Å². The molecule has 0 saturated carbocycles. The standard InChI is InChI=1S/C19H20Cl2F3N5O3/c1-11-17(21)18(19(22,23)24)26-29(11)10-16(30)28-5-3-27(4-6-28)14-8-15(32-2)13(20)7-12(14)9-25-31/h7-9,31H,3-6,10H2,1-2H3. The monoisotopic (exact) mass is 493 g/mol. The van der Waals surface area contributed by atoms with Gasteiger partial charge in [0.15, 0.2) is 5.69 Å². The highest BCUT2D eigenvalue weighted by molar-refractivity contribution is 6.32. The number of amides is 1. The van der Waals surface area contributed by atoms with E-state index in [4.69, 9.17) is 33.1 Å². The van der Waals surface area contributed by atoms with Crippen molar-refractivity contribution in [1.82, 2.24) is 14.7 Å². The number of benzene rings is 1. The van der Waals surface area contributed by atoms with Gasteiger partial charge in [0.25, 0.3) is 0 Å². The minimum absolute atomic E-state index is 0.0761. The summed E-state index contributed by atoms with van der Waals surface area (Å²) in [6.07, 6.45) is -3.45. The zero-order valence-electron chi connectivity index (χ0n) is 17.2. The van der Waals surface area contributed by atoms with E-state index < -0.39 is 16.9 Å². The molecule has 1 saturated heterocycles. The van der Waals surface area contributed by atoms with E-state index in [1.54, 1.807) is 17.0 Å². The third-order valence-corrected chi connectivity index (χ3v) is 5.91. The van der Waals surface area contributed by atoms with E-state index in [-0.39, 0.29) is 18.1 Å². The van der Waals surface area contributed by atoms with E-state index in [9.17, 15) is 18.0 Å². The van der Waals surface area contributed by atoms with Gasteiger partial charge in [0.05, 0.1) is 29.1 Å². The first-order chi connectivity index (χ1) is 15.1. The molecule has 2 aromatic rings. The lowest BCUT2D eigenvalue weighted by atomic mass is 10.1. The van der Waals surface area contributed by atoms with E-state index in [0.717, 1.165) is 4.68 Å². The molecule has 1 aliphatic rings. The third kappa shape index (κ3) is 4.88. The maximum atomic E-state index is 13.0. The second-order valence-electron chi connectivity index (χ2n) is 7.06. The molecule has 32 heavy (non-hydrogen) atoms. The van der Waals surface area contributed by atoms with E-state index >= 15 is 0 Å². The Kier molecular flexibility index (Phi) is 7.09. The lowest BCUT2D eigenvalue weighted by Gasteiger charge is -2.37. The normalized spacial score (nSPS) is 15.0. The topological polar surface area (TPSA) is 83.2 Å². The van der Waals surface area contributed by atoms with Gasteiger partial charge in [0.1, 0.15) is 12.3 Å². The molecule has 0 unspecified atom stereocenters. The molecule has 174 valence electrons. The Labute approximate surface area is 191 Å². The van der Waals surface area contributed by atoms with Crippen LogP contribution in [0.15, 0.2) is 17.3 Å². The number of alkyl halides is 3. The fourth-order valence-electron chi connectivity index (χ4n) is 3.44. The predicted molar refractivity (Wildman–Crippen MR) is 113 cm³/mol. The molecule has 0 atom stereocenters. The lowest BCUT2D eigenvalue weighted by Crippen LogP contribution is -2.50. The molecule has 8 nitrogen and oxygen atoms in total. The summed E-state index contributed by atoms with van der Waals surface area (Å²) in [5.74, 6) is 0.0771. The van der Waals surface area contributed by atoms with Crippen LogP contribution in [-0.2, 0) is 17.5 Å². The average molecular weight is 494 g/mol. The van der Waals surface area contributed by atoms with E-state index in [2.05, 4.69) is 10.3 Å². The van der Waals surface area contributed by atoms with Crippen molar-refractivity contribution in [3.05, 3.63) is 39.1 Å². The SMILES string of the molecule is COc1cc(N2CCN(C(=O)Cn3nc(C(F)(F)F)c(Cl)c3C)CC2)c(C=NO)cc1Cl. The second kappa shape index (κ2) is 9.45. The first-order valence-corrected chi connectivity index (χ1v) is 10.2. The molecule has 0 spiro atoms. The second-order valence-corrected chi connectivity index (χ2v) is 7.85. The number of hydrogen-bond acceptors (Lipinski definition) is 6. The maximum Gasteiger partial charge on any atom is 0.436 e. The molecule has 2 heterocycles. The summed E-state index contributed by atoms with van der Waals surface area (Å²) in [6.45, 7) is 2.58. The quantitative estimate of drug-likeness (QED) is 0.390. The number of oxime groups is 1. The van der Waals surface area contributed by atoms with Gasteiger partial charge in [0.2, 0.25) is 5.91 Å². The van der Waals surface area contributed by atoms with Gasteiger partial charge < -0.3 is 19.7 Å². The molecular weight excluding hydrogens is 474 g/mol. The molecule has 13 heteroatoms. The molecule has 3 rings (SSSR count). The number of methoxy groups -OCH3 is 1. The van der Waals surface area contributed by atoms with Crippen molar-refractivity contribution in [3.63, 3.8) is 0 Å². The number of carbonyl (C=O) groups is 1. The minimum Gasteiger partial charge on any atom is -0.495 e. The molecule has 1 amide bonds. The largest absolute Gasteiger partial charge is 0.495 e. The molecule has 1 aromatic carbocycles. The van der Waals surface area contributed by atoms with Crippen LogP contribution in [0.3, 0.4) is 0 Å². The van der Waals surface area contributed by atoms with Crippen LogP contribution in [0.1, 0.15) is 17.0 Å². The Hall–Kier alpha value is -2.66. The van der Waals surface area contributed by atoms with Crippen LogP contribution in [0, 0.1) is 6.92 Å². The third-order valence-electron chi connectivity index (χ3n) is 5.16. The summed E-state index contributed by atoms with van der Waals surface area (Å²) in [4.78, 5) is 16.2. The fraction of sp³-hybridized carbons (Fsp3) is 0.421. The van der Waals surface area contributed by atoms with Crippen LogP contribution in [0.5, 0.6) is 5.75 Å². The number of aromatic nitrogens is 2. The predicted octanol–water partition coefficient (Wildman–Crippen LogP) is 3.68. The molecule has 1 aromatic heterocycles. The highest BCUT2D eigenvalue weighted by atomic mass is 35.5. The number of piperazine rings is 1. The summed E-state index contributed by atoms with van der Waals surface area (Å²) < 4.78 is 45.2. The molecule has 0 radical (unpaired) electrons. The van der Waals surface area contributed by atoms with Gasteiger partial charge in [-0.2, -0.15) is 18.3 Å². The number of nitrogens with zero attached hydrogens (tertiary/aromatic N) is 5. The van der Waals surface area contributed by atoms with Crippen molar-refractivity contribution >= 4 is 41.0 Å². The van der Waals surface area contributed by atoms with Crippen LogP contribution in [0.2, 0.25) is 10.0 Å². The van der Waals surface area contributed by atoms with Crippen molar-refractivity contribution in [3.8, 4) is 5.75 Å². The molecule has 0 bridgehead atoms. The first kappa shape index (κ1) is 24.0. The van der Waals surface area contributed by atoms with Crippen molar-refractivity contribution in [2.75, 3.05) is 38.2 Å². The number of hydrogen-bond donors (Lipinski definition) is 1. The Morgan fingerprint density at radius 2 is 1.94 bits per heavy atom. The summed E-state index contributed by atoms with van der Waals surface area (Å²) >= 11 is 11.9. The maximum absolute atomic E-state index is 13.0. The van der Waals surface area contributed by atoms with Gasteiger partial charge >= 0.3 is 6.18 Å². The zero-order chi connectivity index (χ0) is 23.6. The Morgan fingerprint density at radius 1 is 1.28 bits per heavy atom. The van der Waals surface area contributed by atoms with Gasteiger partial charge in [-0.1, -0.05) is 28.4 Å². The van der Waals surface area contributed by atoms with E-state index in [1.807, 2.05) is 4.90 Å². The van der Waals surface area contributed by atoms with Crippen LogP contribution in [0.4, 0.5) is 18.9 Å². The van der Waals surface area contributed by atoms with Crippen molar-refractivity contribution < 1.29 is 27.9 Å².